The number of aromatic nitrogens is 2. The Morgan fingerprint density at radius 1 is 1.39 bits per heavy atom. The molecule has 1 fully saturated rings. The summed E-state index contributed by atoms with van der Waals surface area (Å²) >= 11 is 5.71. The number of ether oxygens (including phenoxy) is 2. The molecule has 0 aliphatic carbocycles. The van der Waals surface area contributed by atoms with Crippen LogP contribution in [0.1, 0.15) is 40.0 Å². The summed E-state index contributed by atoms with van der Waals surface area (Å²) in [4.78, 5) is 21.6. The number of carbonyl (C=O) groups is 1. The van der Waals surface area contributed by atoms with E-state index in [-0.39, 0.29) is 11.4 Å². The van der Waals surface area contributed by atoms with E-state index in [0.717, 1.165) is 32.4 Å². The van der Waals surface area contributed by atoms with E-state index in [9.17, 15) is 4.79 Å². The smallest absolute Gasteiger partial charge is 0.410 e. The van der Waals surface area contributed by atoms with Crippen molar-refractivity contribution in [2.45, 2.75) is 45.6 Å². The molecule has 0 N–H and O–H groups in total. The molecule has 1 aliphatic heterocycles. The van der Waals surface area contributed by atoms with Crippen molar-refractivity contribution >= 4 is 17.7 Å². The van der Waals surface area contributed by atoms with Crippen LogP contribution in [0.15, 0.2) is 12.3 Å². The van der Waals surface area contributed by atoms with Crippen LogP contribution < -0.4 is 4.74 Å². The van der Waals surface area contributed by atoms with E-state index in [0.29, 0.717) is 18.4 Å². The summed E-state index contributed by atoms with van der Waals surface area (Å²) in [6, 6.07) is 1.69. The van der Waals surface area contributed by atoms with E-state index in [2.05, 4.69) is 9.97 Å². The van der Waals surface area contributed by atoms with Crippen LogP contribution in [-0.4, -0.2) is 46.3 Å². The van der Waals surface area contributed by atoms with Crippen LogP contribution in [0.2, 0.25) is 5.28 Å². The van der Waals surface area contributed by atoms with Crippen LogP contribution in [0.5, 0.6) is 5.88 Å². The molecule has 1 aromatic heterocycles. The van der Waals surface area contributed by atoms with Crippen molar-refractivity contribution in [1.82, 2.24) is 14.9 Å². The highest BCUT2D eigenvalue weighted by Gasteiger charge is 2.26. The van der Waals surface area contributed by atoms with Gasteiger partial charge in [-0.25, -0.2) is 9.78 Å². The highest BCUT2D eigenvalue weighted by molar-refractivity contribution is 6.28. The van der Waals surface area contributed by atoms with E-state index in [1.807, 2.05) is 20.8 Å². The fraction of sp³-hybridized carbons (Fsp3) is 0.688. The molecule has 1 saturated heterocycles. The minimum Gasteiger partial charge on any atom is -0.478 e. The fourth-order valence-electron chi connectivity index (χ4n) is 2.46. The van der Waals surface area contributed by atoms with Crippen molar-refractivity contribution in [3.8, 4) is 5.88 Å². The van der Waals surface area contributed by atoms with E-state index in [1.165, 1.54) is 0 Å². The Hall–Kier alpha value is -1.56. The summed E-state index contributed by atoms with van der Waals surface area (Å²) in [6.45, 7) is 7.71. The third kappa shape index (κ3) is 6.22. The van der Waals surface area contributed by atoms with E-state index < -0.39 is 5.60 Å². The van der Waals surface area contributed by atoms with Gasteiger partial charge in [0.2, 0.25) is 11.2 Å². The zero-order valence-electron chi connectivity index (χ0n) is 13.9. The van der Waals surface area contributed by atoms with Crippen LogP contribution in [0, 0.1) is 5.92 Å². The van der Waals surface area contributed by atoms with E-state index in [4.69, 9.17) is 21.1 Å². The predicted octanol–water partition coefficient (Wildman–Crippen LogP) is 3.55. The summed E-state index contributed by atoms with van der Waals surface area (Å²) in [5.41, 5.74) is -0.444. The summed E-state index contributed by atoms with van der Waals surface area (Å²) in [7, 11) is 0. The Balaban J connectivity index is 1.68. The molecule has 0 spiro atoms. The van der Waals surface area contributed by atoms with Gasteiger partial charge in [-0.1, -0.05) is 0 Å². The first kappa shape index (κ1) is 17.8. The molecule has 128 valence electrons. The minimum absolute atomic E-state index is 0.188. The van der Waals surface area contributed by atoms with Gasteiger partial charge < -0.3 is 14.4 Å². The molecule has 1 aliphatic rings. The fourth-order valence-corrected chi connectivity index (χ4v) is 2.60. The SMILES string of the molecule is CC(C)(C)OC(=O)N1CCC(CCOc2ccnc(Cl)n2)CC1. The molecular weight excluding hydrogens is 318 g/mol. The average molecular weight is 342 g/mol. The van der Waals surface area contributed by atoms with Gasteiger partial charge in [0.05, 0.1) is 6.61 Å². The van der Waals surface area contributed by atoms with Crippen molar-refractivity contribution in [2.24, 2.45) is 5.92 Å². The zero-order chi connectivity index (χ0) is 16.9. The average Bonchev–Trinajstić information content (AvgIpc) is 2.46. The molecule has 1 aromatic rings. The van der Waals surface area contributed by atoms with Crippen molar-refractivity contribution < 1.29 is 14.3 Å². The van der Waals surface area contributed by atoms with E-state index >= 15 is 0 Å². The first-order chi connectivity index (χ1) is 10.8. The third-order valence-corrected chi connectivity index (χ3v) is 3.83. The molecule has 0 saturated carbocycles. The second-order valence-corrected chi connectivity index (χ2v) is 7.05. The zero-order valence-corrected chi connectivity index (χ0v) is 14.7. The molecule has 0 atom stereocenters. The summed E-state index contributed by atoms with van der Waals surface area (Å²) in [5, 5.41) is 0.188. The van der Waals surface area contributed by atoms with Crippen molar-refractivity contribution in [3.63, 3.8) is 0 Å². The molecule has 1 amide bonds. The molecule has 0 unspecified atom stereocenters. The molecule has 0 bridgehead atoms. The Bertz CT molecular complexity index is 526. The maximum atomic E-state index is 12.0. The number of piperidine rings is 1. The third-order valence-electron chi connectivity index (χ3n) is 3.64. The number of carbonyl (C=O) groups excluding carboxylic acids is 1. The number of halogens is 1. The normalized spacial score (nSPS) is 16.3. The van der Waals surface area contributed by atoms with Gasteiger partial charge in [-0.05, 0) is 57.6 Å². The Morgan fingerprint density at radius 2 is 2.09 bits per heavy atom. The number of rotatable bonds is 4. The monoisotopic (exact) mass is 341 g/mol. The molecule has 6 nitrogen and oxygen atoms in total. The minimum atomic E-state index is -0.444. The van der Waals surface area contributed by atoms with Crippen LogP contribution >= 0.6 is 11.6 Å². The molecule has 2 heterocycles. The van der Waals surface area contributed by atoms with Crippen LogP contribution in [-0.2, 0) is 4.74 Å². The summed E-state index contributed by atoms with van der Waals surface area (Å²) < 4.78 is 11.0. The van der Waals surface area contributed by atoms with Crippen LogP contribution in [0.25, 0.3) is 0 Å². The topological polar surface area (TPSA) is 64.5 Å². The summed E-state index contributed by atoms with van der Waals surface area (Å²) in [6.07, 6.45) is 4.22. The van der Waals surface area contributed by atoms with Gasteiger partial charge in [-0.3, -0.25) is 0 Å². The number of likely N-dealkylation sites (tertiary alicyclic amines) is 1. The van der Waals surface area contributed by atoms with Gasteiger partial charge in [0, 0.05) is 25.4 Å². The largest absolute Gasteiger partial charge is 0.478 e. The molecule has 2 rings (SSSR count). The number of hydrogen-bond donors (Lipinski definition) is 0. The lowest BCUT2D eigenvalue weighted by Crippen LogP contribution is -2.41. The predicted molar refractivity (Wildman–Crippen MR) is 87.7 cm³/mol. The van der Waals surface area contributed by atoms with Gasteiger partial charge in [0.1, 0.15) is 5.60 Å². The maximum absolute atomic E-state index is 12.0. The van der Waals surface area contributed by atoms with Crippen molar-refractivity contribution in [3.05, 3.63) is 17.5 Å². The van der Waals surface area contributed by atoms with Crippen molar-refractivity contribution in [1.29, 1.82) is 0 Å². The van der Waals surface area contributed by atoms with Gasteiger partial charge in [-0.15, -0.1) is 0 Å². The molecule has 23 heavy (non-hydrogen) atoms. The van der Waals surface area contributed by atoms with Gasteiger partial charge in [-0.2, -0.15) is 4.98 Å². The highest BCUT2D eigenvalue weighted by Crippen LogP contribution is 2.22. The Morgan fingerprint density at radius 3 is 2.70 bits per heavy atom. The number of amides is 1. The lowest BCUT2D eigenvalue weighted by Gasteiger charge is -2.33. The highest BCUT2D eigenvalue weighted by atomic mass is 35.5. The van der Waals surface area contributed by atoms with Crippen molar-refractivity contribution in [2.75, 3.05) is 19.7 Å². The number of nitrogens with zero attached hydrogens (tertiary/aromatic N) is 3. The summed E-state index contributed by atoms with van der Waals surface area (Å²) in [5.74, 6) is 1.04. The lowest BCUT2D eigenvalue weighted by molar-refractivity contribution is 0.0177. The first-order valence-corrected chi connectivity index (χ1v) is 8.30. The maximum Gasteiger partial charge on any atom is 0.410 e. The standard InChI is InChI=1S/C16H24ClN3O3/c1-16(2,3)23-15(21)20-9-5-12(6-10-20)7-11-22-13-4-8-18-14(17)19-13/h4,8,12H,5-7,9-11H2,1-3H3. The van der Waals surface area contributed by atoms with Gasteiger partial charge in [0.25, 0.3) is 0 Å². The Labute approximate surface area is 142 Å². The molecule has 0 aromatic carbocycles. The van der Waals surface area contributed by atoms with Gasteiger partial charge in [0.15, 0.2) is 0 Å². The van der Waals surface area contributed by atoms with E-state index in [1.54, 1.807) is 17.2 Å². The van der Waals surface area contributed by atoms with Gasteiger partial charge >= 0.3 is 6.09 Å². The quantitative estimate of drug-likeness (QED) is 0.784. The first-order valence-electron chi connectivity index (χ1n) is 7.93. The van der Waals surface area contributed by atoms with Crippen LogP contribution in [0.3, 0.4) is 0 Å². The molecule has 0 radical (unpaired) electrons. The number of hydrogen-bond acceptors (Lipinski definition) is 5. The molecular formula is C16H24ClN3O3. The second kappa shape index (κ2) is 7.81. The molecule has 7 heteroatoms. The lowest BCUT2D eigenvalue weighted by atomic mass is 9.94. The van der Waals surface area contributed by atoms with Crippen LogP contribution in [0.4, 0.5) is 4.79 Å². The second-order valence-electron chi connectivity index (χ2n) is 6.71. The Kier molecular flexibility index (Phi) is 6.04.